The van der Waals surface area contributed by atoms with Gasteiger partial charge in [-0.3, -0.25) is 10.00 Å². The van der Waals surface area contributed by atoms with Crippen molar-refractivity contribution in [3.8, 4) is 0 Å². The summed E-state index contributed by atoms with van der Waals surface area (Å²) in [5.74, 6) is 0.759. The first-order chi connectivity index (χ1) is 8.99. The number of nitrogens with one attached hydrogen (secondary N) is 1. The van der Waals surface area contributed by atoms with Gasteiger partial charge in [-0.1, -0.05) is 0 Å². The minimum Gasteiger partial charge on any atom is -0.499 e. The Labute approximate surface area is 112 Å². The maximum absolute atomic E-state index is 9.52. The number of rotatable bonds is 2. The molecule has 2 heterocycles. The van der Waals surface area contributed by atoms with Crippen LogP contribution in [0.25, 0.3) is 6.08 Å². The predicted octanol–water partition coefficient (Wildman–Crippen LogP) is -0.00330. The van der Waals surface area contributed by atoms with Crippen molar-refractivity contribution in [1.29, 1.82) is 0 Å². The molecule has 6 heteroatoms. The topological polar surface area (TPSA) is 85.3 Å². The molecule has 1 aromatic heterocycles. The highest BCUT2D eigenvalue weighted by Crippen LogP contribution is 2.31. The molecule has 1 saturated heterocycles. The van der Waals surface area contributed by atoms with E-state index in [1.54, 1.807) is 7.11 Å². The number of ether oxygens (including phenoxy) is 1. The maximum Gasteiger partial charge on any atom is 0.118 e. The molecule has 2 aliphatic rings. The fourth-order valence-corrected chi connectivity index (χ4v) is 2.85. The fourth-order valence-electron chi connectivity index (χ4n) is 2.85. The summed E-state index contributed by atoms with van der Waals surface area (Å²) >= 11 is 0. The van der Waals surface area contributed by atoms with Crippen LogP contribution in [0.2, 0.25) is 0 Å². The molecule has 0 amide bonds. The van der Waals surface area contributed by atoms with Crippen molar-refractivity contribution in [3.05, 3.63) is 23.2 Å². The van der Waals surface area contributed by atoms with E-state index in [1.807, 2.05) is 23.9 Å². The average molecular weight is 264 g/mol. The number of aliphatic hydroxyl groups excluding tert-OH is 1. The fraction of sp³-hybridized carbons (Fsp3) is 0.615. The molecule has 0 spiro atoms. The third-order valence-electron chi connectivity index (χ3n) is 3.91. The van der Waals surface area contributed by atoms with E-state index in [0.29, 0.717) is 12.8 Å². The molecular formula is C13H20N4O2. The van der Waals surface area contributed by atoms with E-state index < -0.39 is 11.8 Å². The lowest BCUT2D eigenvalue weighted by Crippen LogP contribution is -2.42. The quantitative estimate of drug-likeness (QED) is 0.700. The normalized spacial score (nSPS) is 34.0. The van der Waals surface area contributed by atoms with E-state index in [9.17, 15) is 5.11 Å². The van der Waals surface area contributed by atoms with Crippen LogP contribution in [0.1, 0.15) is 30.6 Å². The van der Waals surface area contributed by atoms with Gasteiger partial charge in [0.2, 0.25) is 0 Å². The lowest BCUT2D eigenvalue weighted by atomic mass is 9.87. The highest BCUT2D eigenvalue weighted by molar-refractivity contribution is 5.57. The van der Waals surface area contributed by atoms with Gasteiger partial charge in [-0.05, 0) is 12.5 Å². The van der Waals surface area contributed by atoms with Gasteiger partial charge in [-0.15, -0.1) is 0 Å². The molecule has 0 aromatic carbocycles. The molecule has 6 nitrogen and oxygen atoms in total. The van der Waals surface area contributed by atoms with Crippen LogP contribution < -0.4 is 11.1 Å². The number of aliphatic hydroxyl groups is 1. The average Bonchev–Trinajstić information content (AvgIpc) is 2.92. The van der Waals surface area contributed by atoms with Crippen LogP contribution in [0.5, 0.6) is 0 Å². The number of methoxy groups -OCH3 is 1. The first-order valence-corrected chi connectivity index (χ1v) is 6.54. The third kappa shape index (κ3) is 2.16. The van der Waals surface area contributed by atoms with Crippen molar-refractivity contribution in [2.45, 2.75) is 37.6 Å². The Morgan fingerprint density at radius 1 is 1.63 bits per heavy atom. The van der Waals surface area contributed by atoms with E-state index in [-0.39, 0.29) is 6.04 Å². The largest absolute Gasteiger partial charge is 0.499 e. The molecule has 19 heavy (non-hydrogen) atoms. The number of nitrogens with zero attached hydrogens (tertiary/aromatic N) is 2. The van der Waals surface area contributed by atoms with Crippen molar-refractivity contribution in [3.63, 3.8) is 0 Å². The SMILES string of the molecule is COC1=Cc2nn(C3CNC(O)C3)cc2CC1(C)N. The van der Waals surface area contributed by atoms with Crippen molar-refractivity contribution < 1.29 is 9.84 Å². The second-order valence-electron chi connectivity index (χ2n) is 5.64. The minimum absolute atomic E-state index is 0.198. The van der Waals surface area contributed by atoms with Crippen LogP contribution in [-0.2, 0) is 11.2 Å². The Hall–Kier alpha value is -1.37. The highest BCUT2D eigenvalue weighted by atomic mass is 16.5. The van der Waals surface area contributed by atoms with Crippen LogP contribution in [0, 0.1) is 0 Å². The highest BCUT2D eigenvalue weighted by Gasteiger charge is 2.33. The molecule has 104 valence electrons. The van der Waals surface area contributed by atoms with Gasteiger partial charge < -0.3 is 15.6 Å². The number of aromatic nitrogens is 2. The van der Waals surface area contributed by atoms with E-state index in [1.165, 1.54) is 0 Å². The summed E-state index contributed by atoms with van der Waals surface area (Å²) in [6.07, 6.45) is 4.91. The molecule has 0 radical (unpaired) electrons. The summed E-state index contributed by atoms with van der Waals surface area (Å²) in [4.78, 5) is 0. The summed E-state index contributed by atoms with van der Waals surface area (Å²) in [5, 5.41) is 17.1. The molecule has 4 N–H and O–H groups in total. The first-order valence-electron chi connectivity index (χ1n) is 6.54. The smallest absolute Gasteiger partial charge is 0.118 e. The van der Waals surface area contributed by atoms with Crippen LogP contribution in [0.15, 0.2) is 12.0 Å². The lowest BCUT2D eigenvalue weighted by molar-refractivity contribution is 0.156. The Morgan fingerprint density at radius 3 is 3.05 bits per heavy atom. The van der Waals surface area contributed by atoms with Crippen molar-refractivity contribution in [2.75, 3.05) is 13.7 Å². The molecule has 3 unspecified atom stereocenters. The third-order valence-corrected chi connectivity index (χ3v) is 3.91. The summed E-state index contributed by atoms with van der Waals surface area (Å²) in [5.41, 5.74) is 7.82. The molecule has 1 fully saturated rings. The van der Waals surface area contributed by atoms with Gasteiger partial charge in [0.1, 0.15) is 12.0 Å². The molecule has 0 saturated carbocycles. The number of fused-ring (bicyclic) bond motifs is 1. The zero-order valence-corrected chi connectivity index (χ0v) is 11.3. The summed E-state index contributed by atoms with van der Waals surface area (Å²) in [6.45, 7) is 2.70. The number of hydrogen-bond donors (Lipinski definition) is 3. The van der Waals surface area contributed by atoms with E-state index >= 15 is 0 Å². The molecule has 1 aliphatic carbocycles. The molecule has 3 rings (SSSR count). The second-order valence-corrected chi connectivity index (χ2v) is 5.64. The minimum atomic E-state index is -0.483. The van der Waals surface area contributed by atoms with Gasteiger partial charge >= 0.3 is 0 Å². The van der Waals surface area contributed by atoms with Gasteiger partial charge in [0.25, 0.3) is 0 Å². The van der Waals surface area contributed by atoms with Gasteiger partial charge in [0, 0.05) is 31.7 Å². The monoisotopic (exact) mass is 264 g/mol. The Bertz CT molecular complexity index is 521. The van der Waals surface area contributed by atoms with Gasteiger partial charge in [-0.2, -0.15) is 5.10 Å². The lowest BCUT2D eigenvalue weighted by Gasteiger charge is -2.29. The Kier molecular flexibility index (Phi) is 2.88. The maximum atomic E-state index is 9.52. The van der Waals surface area contributed by atoms with E-state index in [0.717, 1.165) is 23.6 Å². The zero-order valence-electron chi connectivity index (χ0n) is 11.3. The van der Waals surface area contributed by atoms with Gasteiger partial charge in [-0.25, -0.2) is 0 Å². The summed E-state index contributed by atoms with van der Waals surface area (Å²) < 4.78 is 7.28. The van der Waals surface area contributed by atoms with Crippen LogP contribution in [0.4, 0.5) is 0 Å². The molecule has 3 atom stereocenters. The predicted molar refractivity (Wildman–Crippen MR) is 71.2 cm³/mol. The van der Waals surface area contributed by atoms with Crippen LogP contribution >= 0.6 is 0 Å². The summed E-state index contributed by atoms with van der Waals surface area (Å²) in [6, 6.07) is 0.198. The standard InChI is InChI=1S/C13H20N4O2/c1-13(14)5-8-7-17(9-3-12(18)15-6-9)16-10(8)4-11(13)19-2/h4,7,9,12,15,18H,3,5-6,14H2,1-2H3. The molecular weight excluding hydrogens is 244 g/mol. The molecule has 1 aromatic rings. The summed E-state index contributed by atoms with van der Waals surface area (Å²) in [7, 11) is 1.64. The van der Waals surface area contributed by atoms with Crippen molar-refractivity contribution in [1.82, 2.24) is 15.1 Å². The van der Waals surface area contributed by atoms with Crippen LogP contribution in [0.3, 0.4) is 0 Å². The zero-order chi connectivity index (χ0) is 13.6. The number of hydrogen-bond acceptors (Lipinski definition) is 5. The van der Waals surface area contributed by atoms with E-state index in [2.05, 4.69) is 10.4 Å². The number of nitrogens with two attached hydrogens (primary N) is 1. The van der Waals surface area contributed by atoms with E-state index in [4.69, 9.17) is 10.5 Å². The van der Waals surface area contributed by atoms with Crippen LogP contribution in [-0.4, -0.2) is 40.3 Å². The van der Waals surface area contributed by atoms with Gasteiger partial charge in [0.15, 0.2) is 0 Å². The second kappa shape index (κ2) is 4.33. The Morgan fingerprint density at radius 2 is 2.42 bits per heavy atom. The van der Waals surface area contributed by atoms with Crippen molar-refractivity contribution in [2.24, 2.45) is 5.73 Å². The van der Waals surface area contributed by atoms with Gasteiger partial charge in [0.05, 0.1) is 24.4 Å². The molecule has 1 aliphatic heterocycles. The molecule has 0 bridgehead atoms. The van der Waals surface area contributed by atoms with Crippen molar-refractivity contribution >= 4 is 6.08 Å². The first kappa shape index (κ1) is 12.7. The Balaban J connectivity index is 1.91.